The number of hydrogen-bond acceptors (Lipinski definition) is 7. The molecule has 0 saturated heterocycles. The van der Waals surface area contributed by atoms with Crippen molar-refractivity contribution in [3.63, 3.8) is 0 Å². The molecule has 9 heteroatoms. The summed E-state index contributed by atoms with van der Waals surface area (Å²) in [6.07, 6.45) is 0.760. The molecule has 0 aromatic carbocycles. The number of methoxy groups -OCH3 is 1. The fraction of sp³-hybridized carbons (Fsp3) is 0.700. The van der Waals surface area contributed by atoms with E-state index in [2.05, 4.69) is 9.69 Å². The van der Waals surface area contributed by atoms with Gasteiger partial charge in [0.1, 0.15) is 5.00 Å². The van der Waals surface area contributed by atoms with E-state index >= 15 is 0 Å². The van der Waals surface area contributed by atoms with Crippen LogP contribution in [-0.2, 0) is 14.8 Å². The standard InChI is InChI=1S/C10H20N4O3S2/c1-7(5-6-17-4)12-10-8(9(11)13-18-10)19(15,16)14(2)3/h7,12H,5-6H2,1-4H3,(H2,11,13). The lowest BCUT2D eigenvalue weighted by atomic mass is 10.2. The Labute approximate surface area is 118 Å². The van der Waals surface area contributed by atoms with Crippen molar-refractivity contribution in [3.05, 3.63) is 0 Å². The van der Waals surface area contributed by atoms with Gasteiger partial charge in [-0.1, -0.05) is 0 Å². The first-order valence-corrected chi connectivity index (χ1v) is 7.95. The molecule has 1 atom stereocenters. The smallest absolute Gasteiger partial charge is 0.249 e. The molecule has 0 spiro atoms. The predicted octanol–water partition coefficient (Wildman–Crippen LogP) is 0.813. The summed E-state index contributed by atoms with van der Waals surface area (Å²) >= 11 is 1.05. The van der Waals surface area contributed by atoms with Gasteiger partial charge in [-0.2, -0.15) is 4.37 Å². The summed E-state index contributed by atoms with van der Waals surface area (Å²) in [5.74, 6) is 0.0279. The lowest BCUT2D eigenvalue weighted by Gasteiger charge is -2.16. The molecular weight excluding hydrogens is 288 g/mol. The first-order valence-electron chi connectivity index (χ1n) is 5.73. The minimum atomic E-state index is -3.60. The van der Waals surface area contributed by atoms with E-state index in [-0.39, 0.29) is 16.8 Å². The normalized spacial score (nSPS) is 13.7. The van der Waals surface area contributed by atoms with E-state index in [9.17, 15) is 8.42 Å². The van der Waals surface area contributed by atoms with E-state index in [0.717, 1.165) is 22.3 Å². The molecule has 0 aliphatic rings. The molecule has 0 fully saturated rings. The average Bonchev–Trinajstić information content (AvgIpc) is 2.68. The molecule has 0 aliphatic carbocycles. The zero-order valence-electron chi connectivity index (χ0n) is 11.5. The van der Waals surface area contributed by atoms with Gasteiger partial charge in [0.25, 0.3) is 0 Å². The number of sulfonamides is 1. The molecule has 7 nitrogen and oxygen atoms in total. The van der Waals surface area contributed by atoms with Crippen molar-refractivity contribution < 1.29 is 13.2 Å². The number of ether oxygens (including phenoxy) is 1. The van der Waals surface area contributed by atoms with Crippen molar-refractivity contribution in [1.82, 2.24) is 8.68 Å². The topological polar surface area (TPSA) is 97.5 Å². The van der Waals surface area contributed by atoms with Crippen molar-refractivity contribution in [1.29, 1.82) is 0 Å². The van der Waals surface area contributed by atoms with Crippen LogP contribution in [0.15, 0.2) is 4.90 Å². The van der Waals surface area contributed by atoms with Gasteiger partial charge in [-0.15, -0.1) is 0 Å². The fourth-order valence-corrected chi connectivity index (χ4v) is 3.58. The van der Waals surface area contributed by atoms with Crippen LogP contribution >= 0.6 is 11.5 Å². The molecule has 0 aliphatic heterocycles. The molecule has 1 unspecified atom stereocenters. The van der Waals surface area contributed by atoms with Crippen molar-refractivity contribution in [2.45, 2.75) is 24.3 Å². The van der Waals surface area contributed by atoms with Crippen LogP contribution in [0.2, 0.25) is 0 Å². The lowest BCUT2D eigenvalue weighted by Crippen LogP contribution is -2.25. The van der Waals surface area contributed by atoms with Crippen molar-refractivity contribution in [2.75, 3.05) is 38.9 Å². The Bertz CT molecular complexity index is 513. The van der Waals surface area contributed by atoms with Gasteiger partial charge in [0.2, 0.25) is 10.0 Å². The van der Waals surface area contributed by atoms with Gasteiger partial charge in [0.15, 0.2) is 10.7 Å². The number of hydrogen-bond donors (Lipinski definition) is 2. The van der Waals surface area contributed by atoms with E-state index < -0.39 is 10.0 Å². The molecule has 0 radical (unpaired) electrons. The number of nitrogen functional groups attached to an aromatic ring is 1. The first-order chi connectivity index (χ1) is 8.80. The third-order valence-corrected chi connectivity index (χ3v) is 5.36. The fourth-order valence-electron chi connectivity index (χ4n) is 1.41. The SMILES string of the molecule is COCCC(C)Nc1snc(N)c1S(=O)(=O)N(C)C. The number of anilines is 2. The van der Waals surface area contributed by atoms with E-state index in [0.29, 0.717) is 11.6 Å². The second-order valence-corrected chi connectivity index (χ2v) is 7.20. The molecule has 0 saturated carbocycles. The quantitative estimate of drug-likeness (QED) is 0.773. The summed E-state index contributed by atoms with van der Waals surface area (Å²) < 4.78 is 34.4. The minimum absolute atomic E-state index is 0.0279. The maximum absolute atomic E-state index is 12.2. The van der Waals surface area contributed by atoms with Gasteiger partial charge in [-0.05, 0) is 24.9 Å². The Kier molecular flexibility index (Phi) is 5.53. The van der Waals surface area contributed by atoms with E-state index in [4.69, 9.17) is 10.5 Å². The van der Waals surface area contributed by atoms with Crippen LogP contribution in [0.25, 0.3) is 0 Å². The highest BCUT2D eigenvalue weighted by molar-refractivity contribution is 7.89. The van der Waals surface area contributed by atoms with Gasteiger partial charge in [0.05, 0.1) is 0 Å². The van der Waals surface area contributed by atoms with Gasteiger partial charge in [-0.25, -0.2) is 12.7 Å². The highest BCUT2D eigenvalue weighted by Crippen LogP contribution is 2.33. The third kappa shape index (κ3) is 3.78. The zero-order chi connectivity index (χ0) is 14.6. The maximum atomic E-state index is 12.2. The zero-order valence-corrected chi connectivity index (χ0v) is 13.1. The van der Waals surface area contributed by atoms with Crippen LogP contribution in [0.5, 0.6) is 0 Å². The van der Waals surface area contributed by atoms with Gasteiger partial charge < -0.3 is 15.8 Å². The second-order valence-electron chi connectivity index (χ2n) is 4.34. The molecule has 0 bridgehead atoms. The van der Waals surface area contributed by atoms with E-state index in [1.54, 1.807) is 7.11 Å². The lowest BCUT2D eigenvalue weighted by molar-refractivity contribution is 0.191. The number of aromatic nitrogens is 1. The summed E-state index contributed by atoms with van der Waals surface area (Å²) in [7, 11) is 0.952. The van der Waals surface area contributed by atoms with Crippen LogP contribution < -0.4 is 11.1 Å². The number of nitrogens with zero attached hydrogens (tertiary/aromatic N) is 2. The third-order valence-electron chi connectivity index (χ3n) is 2.55. The summed E-state index contributed by atoms with van der Waals surface area (Å²) in [6, 6.07) is 0.0657. The van der Waals surface area contributed by atoms with E-state index in [1.165, 1.54) is 14.1 Å². The highest BCUT2D eigenvalue weighted by Gasteiger charge is 2.28. The molecular formula is C10H20N4O3S2. The first kappa shape index (κ1) is 16.2. The maximum Gasteiger partial charge on any atom is 0.249 e. The molecule has 1 heterocycles. The van der Waals surface area contributed by atoms with Crippen molar-refractivity contribution >= 4 is 32.4 Å². The van der Waals surface area contributed by atoms with Crippen molar-refractivity contribution in [3.8, 4) is 0 Å². The average molecular weight is 308 g/mol. The Balaban J connectivity index is 2.99. The monoisotopic (exact) mass is 308 g/mol. The Hall–Kier alpha value is -0.900. The molecule has 3 N–H and O–H groups in total. The predicted molar refractivity (Wildman–Crippen MR) is 77.0 cm³/mol. The molecule has 110 valence electrons. The summed E-state index contributed by atoms with van der Waals surface area (Å²) in [4.78, 5) is 0.0479. The highest BCUT2D eigenvalue weighted by atomic mass is 32.2. The van der Waals surface area contributed by atoms with E-state index in [1.807, 2.05) is 6.92 Å². The van der Waals surface area contributed by atoms with Crippen molar-refractivity contribution in [2.24, 2.45) is 0 Å². The Morgan fingerprint density at radius 1 is 1.53 bits per heavy atom. The van der Waals surface area contributed by atoms with Crippen LogP contribution in [0.3, 0.4) is 0 Å². The summed E-state index contributed by atoms with van der Waals surface area (Å²) in [5, 5.41) is 3.58. The molecule has 19 heavy (non-hydrogen) atoms. The molecule has 1 aromatic heterocycles. The number of rotatable bonds is 7. The molecule has 1 aromatic rings. The van der Waals surface area contributed by atoms with Gasteiger partial charge >= 0.3 is 0 Å². The van der Waals surface area contributed by atoms with Crippen LogP contribution in [0, 0.1) is 0 Å². The van der Waals surface area contributed by atoms with Crippen LogP contribution in [-0.4, -0.2) is 51.0 Å². The Morgan fingerprint density at radius 3 is 2.68 bits per heavy atom. The number of nitrogens with one attached hydrogen (secondary N) is 1. The summed E-state index contributed by atoms with van der Waals surface area (Å²) in [5.41, 5.74) is 5.67. The largest absolute Gasteiger partial charge is 0.385 e. The van der Waals surface area contributed by atoms with Crippen LogP contribution in [0.1, 0.15) is 13.3 Å². The molecule has 0 amide bonds. The van der Waals surface area contributed by atoms with Gasteiger partial charge in [-0.3, -0.25) is 0 Å². The van der Waals surface area contributed by atoms with Crippen LogP contribution in [0.4, 0.5) is 10.8 Å². The molecule has 1 rings (SSSR count). The minimum Gasteiger partial charge on any atom is -0.385 e. The summed E-state index contributed by atoms with van der Waals surface area (Å²) in [6.45, 7) is 2.54. The number of nitrogens with two attached hydrogens (primary N) is 1. The van der Waals surface area contributed by atoms with Gasteiger partial charge in [0, 0.05) is 33.9 Å². The Morgan fingerprint density at radius 2 is 2.16 bits per heavy atom. The second kappa shape index (κ2) is 6.51.